The van der Waals surface area contributed by atoms with Gasteiger partial charge in [0.2, 0.25) is 0 Å². The predicted octanol–water partition coefficient (Wildman–Crippen LogP) is 2.51. The van der Waals surface area contributed by atoms with Gasteiger partial charge in [0.1, 0.15) is 6.54 Å². The third kappa shape index (κ3) is 2.33. The Kier molecular flexibility index (Phi) is 3.27. The molecule has 0 bridgehead atoms. The molecule has 0 unspecified atom stereocenters. The lowest BCUT2D eigenvalue weighted by atomic mass is 10.1. The molecule has 0 spiro atoms. The van der Waals surface area contributed by atoms with E-state index in [0.29, 0.717) is 5.92 Å². The van der Waals surface area contributed by atoms with Crippen molar-refractivity contribution in [3.05, 3.63) is 30.1 Å². The smallest absolute Gasteiger partial charge is 0.172 e. The summed E-state index contributed by atoms with van der Waals surface area (Å²) >= 11 is 0. The van der Waals surface area contributed by atoms with Crippen molar-refractivity contribution >= 4 is 0 Å². The van der Waals surface area contributed by atoms with Crippen LogP contribution < -0.4 is 4.57 Å². The van der Waals surface area contributed by atoms with Gasteiger partial charge in [0.05, 0.1) is 0 Å². The van der Waals surface area contributed by atoms with Crippen LogP contribution in [0.25, 0.3) is 0 Å². The van der Waals surface area contributed by atoms with Gasteiger partial charge in [0.15, 0.2) is 12.4 Å². The molecule has 12 heavy (non-hydrogen) atoms. The van der Waals surface area contributed by atoms with E-state index in [9.17, 15) is 0 Å². The largest absolute Gasteiger partial charge is 0.205 e. The van der Waals surface area contributed by atoms with Crippen LogP contribution in [0.15, 0.2) is 24.5 Å². The first-order valence-electron chi connectivity index (χ1n) is 4.73. The van der Waals surface area contributed by atoms with Gasteiger partial charge >= 0.3 is 0 Å². The molecule has 0 amide bonds. The Labute approximate surface area is 75.1 Å². The maximum atomic E-state index is 2.26. The molecular formula is C11H18N+. The van der Waals surface area contributed by atoms with Crippen LogP contribution in [0, 0.1) is 0 Å². The van der Waals surface area contributed by atoms with Crippen molar-refractivity contribution < 1.29 is 4.57 Å². The van der Waals surface area contributed by atoms with E-state index in [1.165, 1.54) is 12.0 Å². The van der Waals surface area contributed by atoms with Crippen molar-refractivity contribution in [2.24, 2.45) is 0 Å². The zero-order valence-corrected chi connectivity index (χ0v) is 8.25. The van der Waals surface area contributed by atoms with E-state index < -0.39 is 0 Å². The topological polar surface area (TPSA) is 3.88 Å². The molecule has 0 saturated carbocycles. The van der Waals surface area contributed by atoms with Gasteiger partial charge in [-0.1, -0.05) is 20.8 Å². The first kappa shape index (κ1) is 9.24. The zero-order chi connectivity index (χ0) is 8.97. The van der Waals surface area contributed by atoms with Crippen molar-refractivity contribution in [2.45, 2.75) is 39.7 Å². The highest BCUT2D eigenvalue weighted by Gasteiger charge is 2.03. The van der Waals surface area contributed by atoms with Crippen LogP contribution in [-0.2, 0) is 6.54 Å². The van der Waals surface area contributed by atoms with Crippen molar-refractivity contribution in [1.29, 1.82) is 0 Å². The number of aryl methyl sites for hydroxylation is 1. The van der Waals surface area contributed by atoms with Crippen LogP contribution in [0.3, 0.4) is 0 Å². The molecule has 1 heterocycles. The Morgan fingerprint density at radius 3 is 2.75 bits per heavy atom. The second kappa shape index (κ2) is 4.24. The first-order valence-corrected chi connectivity index (χ1v) is 4.73. The summed E-state index contributed by atoms with van der Waals surface area (Å²) in [5.41, 5.74) is 1.42. The van der Waals surface area contributed by atoms with Gasteiger partial charge in [-0.25, -0.2) is 4.57 Å². The van der Waals surface area contributed by atoms with Crippen molar-refractivity contribution in [3.63, 3.8) is 0 Å². The maximum Gasteiger partial charge on any atom is 0.172 e. The third-order valence-electron chi connectivity index (χ3n) is 2.03. The Balaban J connectivity index is 2.81. The van der Waals surface area contributed by atoms with Gasteiger partial charge in [0, 0.05) is 18.1 Å². The van der Waals surface area contributed by atoms with E-state index in [-0.39, 0.29) is 0 Å². The van der Waals surface area contributed by atoms with Crippen molar-refractivity contribution in [1.82, 2.24) is 0 Å². The van der Waals surface area contributed by atoms with E-state index >= 15 is 0 Å². The van der Waals surface area contributed by atoms with E-state index in [0.717, 1.165) is 6.54 Å². The van der Waals surface area contributed by atoms with Crippen LogP contribution in [0.5, 0.6) is 0 Å². The average molecular weight is 164 g/mol. The van der Waals surface area contributed by atoms with Gasteiger partial charge in [-0.05, 0) is 12.0 Å². The Hall–Kier alpha value is -0.850. The molecule has 0 aromatic carbocycles. The Morgan fingerprint density at radius 1 is 1.42 bits per heavy atom. The molecule has 1 heteroatoms. The molecule has 1 aromatic heterocycles. The van der Waals surface area contributed by atoms with Crippen LogP contribution in [-0.4, -0.2) is 0 Å². The Morgan fingerprint density at radius 2 is 2.17 bits per heavy atom. The SMILES string of the molecule is CCC[n+]1cccc(C(C)C)c1. The molecule has 0 N–H and O–H groups in total. The molecule has 0 fully saturated rings. The average Bonchev–Trinajstić information content (AvgIpc) is 2.05. The quantitative estimate of drug-likeness (QED) is 0.604. The number of rotatable bonds is 3. The van der Waals surface area contributed by atoms with Gasteiger partial charge < -0.3 is 0 Å². The van der Waals surface area contributed by atoms with Gasteiger partial charge in [0.25, 0.3) is 0 Å². The van der Waals surface area contributed by atoms with Crippen LogP contribution in [0.2, 0.25) is 0 Å². The molecule has 1 nitrogen and oxygen atoms in total. The summed E-state index contributed by atoms with van der Waals surface area (Å²) in [6.07, 6.45) is 5.58. The van der Waals surface area contributed by atoms with Gasteiger partial charge in [-0.2, -0.15) is 0 Å². The highest BCUT2D eigenvalue weighted by atomic mass is 14.9. The van der Waals surface area contributed by atoms with Gasteiger partial charge in [-0.15, -0.1) is 0 Å². The summed E-state index contributed by atoms with van der Waals surface area (Å²) in [6, 6.07) is 4.32. The zero-order valence-electron chi connectivity index (χ0n) is 8.25. The summed E-state index contributed by atoms with van der Waals surface area (Å²) in [5.74, 6) is 0.634. The number of hydrogen-bond donors (Lipinski definition) is 0. The minimum atomic E-state index is 0.634. The molecule has 1 aromatic rings. The summed E-state index contributed by atoms with van der Waals surface area (Å²) in [7, 11) is 0. The minimum Gasteiger partial charge on any atom is -0.205 e. The summed E-state index contributed by atoms with van der Waals surface area (Å²) in [5, 5.41) is 0. The second-order valence-electron chi connectivity index (χ2n) is 3.53. The molecule has 0 aliphatic rings. The summed E-state index contributed by atoms with van der Waals surface area (Å²) in [4.78, 5) is 0. The fraction of sp³-hybridized carbons (Fsp3) is 0.545. The van der Waals surface area contributed by atoms with Gasteiger partial charge in [-0.3, -0.25) is 0 Å². The summed E-state index contributed by atoms with van der Waals surface area (Å²) < 4.78 is 2.26. The lowest BCUT2D eigenvalue weighted by Gasteiger charge is -2.02. The minimum absolute atomic E-state index is 0.634. The molecular weight excluding hydrogens is 146 g/mol. The van der Waals surface area contributed by atoms with Crippen LogP contribution in [0.1, 0.15) is 38.7 Å². The first-order chi connectivity index (χ1) is 5.74. The Bertz CT molecular complexity index is 241. The van der Waals surface area contributed by atoms with Crippen molar-refractivity contribution in [2.75, 3.05) is 0 Å². The second-order valence-corrected chi connectivity index (χ2v) is 3.53. The lowest BCUT2D eigenvalue weighted by Crippen LogP contribution is -2.32. The fourth-order valence-corrected chi connectivity index (χ4v) is 1.28. The number of aromatic nitrogens is 1. The normalized spacial score (nSPS) is 10.7. The predicted molar refractivity (Wildman–Crippen MR) is 51.0 cm³/mol. The van der Waals surface area contributed by atoms with E-state index in [1.807, 2.05) is 0 Å². The molecule has 0 aliphatic carbocycles. The lowest BCUT2D eigenvalue weighted by molar-refractivity contribution is -0.697. The number of hydrogen-bond acceptors (Lipinski definition) is 0. The molecule has 0 saturated heterocycles. The van der Waals surface area contributed by atoms with Crippen molar-refractivity contribution in [3.8, 4) is 0 Å². The standard InChI is InChI=1S/C11H18N/c1-4-7-12-8-5-6-11(9-12)10(2)3/h5-6,8-10H,4,7H2,1-3H3/q+1. The van der Waals surface area contributed by atoms with Crippen LogP contribution in [0.4, 0.5) is 0 Å². The number of pyridine rings is 1. The van der Waals surface area contributed by atoms with Crippen LogP contribution >= 0.6 is 0 Å². The molecule has 1 rings (SSSR count). The monoisotopic (exact) mass is 164 g/mol. The molecule has 0 radical (unpaired) electrons. The molecule has 66 valence electrons. The molecule has 0 aliphatic heterocycles. The highest BCUT2D eigenvalue weighted by Crippen LogP contribution is 2.10. The van der Waals surface area contributed by atoms with E-state index in [4.69, 9.17) is 0 Å². The highest BCUT2D eigenvalue weighted by molar-refractivity contribution is 5.09. The summed E-state index contributed by atoms with van der Waals surface area (Å²) in [6.45, 7) is 7.78. The number of nitrogens with zero attached hydrogens (tertiary/aromatic N) is 1. The van der Waals surface area contributed by atoms with E-state index in [2.05, 4.69) is 49.9 Å². The van der Waals surface area contributed by atoms with E-state index in [1.54, 1.807) is 0 Å². The fourth-order valence-electron chi connectivity index (χ4n) is 1.28. The maximum absolute atomic E-state index is 2.26. The third-order valence-corrected chi connectivity index (χ3v) is 2.03. The molecule has 0 atom stereocenters.